The molecule has 2 atom stereocenters. The molecule has 15 nitrogen and oxygen atoms in total. The third kappa shape index (κ3) is 14.0. The summed E-state index contributed by atoms with van der Waals surface area (Å²) in [6.45, 7) is -1.67. The van der Waals surface area contributed by atoms with Gasteiger partial charge in [0.2, 0.25) is 23.6 Å². The Hall–Kier alpha value is -3.75. The van der Waals surface area contributed by atoms with Crippen LogP contribution < -0.4 is 27.0 Å². The Balaban J connectivity index is 4.16. The number of nitrogens with two attached hydrogens (primary N) is 1. The summed E-state index contributed by atoms with van der Waals surface area (Å²) in [5.74, 6) is -6.95. The number of hydrogen-bond donors (Lipinski definition) is 8. The molecule has 174 valence electrons. The molecule has 0 bridgehead atoms. The Kier molecular flexibility index (Phi) is 12.5. The molecule has 31 heavy (non-hydrogen) atoms. The van der Waals surface area contributed by atoms with Gasteiger partial charge in [-0.15, -0.1) is 0 Å². The lowest BCUT2D eigenvalue weighted by Gasteiger charge is -2.14. The molecule has 0 aliphatic rings. The summed E-state index contributed by atoms with van der Waals surface area (Å²) >= 11 is 0. The van der Waals surface area contributed by atoms with Gasteiger partial charge in [-0.05, 0) is 12.8 Å². The van der Waals surface area contributed by atoms with Crippen molar-refractivity contribution in [1.82, 2.24) is 21.3 Å². The summed E-state index contributed by atoms with van der Waals surface area (Å²) < 4.78 is 0. The number of amides is 4. The van der Waals surface area contributed by atoms with Crippen LogP contribution >= 0.6 is 0 Å². The van der Waals surface area contributed by atoms with Crippen LogP contribution in [0.25, 0.3) is 0 Å². The van der Waals surface area contributed by atoms with Crippen LogP contribution in [0.3, 0.4) is 0 Å². The Morgan fingerprint density at radius 1 is 0.677 bits per heavy atom. The fourth-order valence-electron chi connectivity index (χ4n) is 1.96. The monoisotopic (exact) mass is 447 g/mol. The number of aliphatic carboxylic acids is 3. The Morgan fingerprint density at radius 3 is 1.61 bits per heavy atom. The standard InChI is InChI=1S/C16H25N5O10/c17-8(1-3-13(25)26)15(29)20-6-11(23)18-5-10(22)19-7-12(24)21-9(16(30)31)2-4-14(27)28/h8-9H,1-7,17H2,(H,18,23)(H,19,22)(H,20,29)(H,21,24)(H,25,26)(H,27,28)(H,30,31)/t8-,9-/m0/s1. The van der Waals surface area contributed by atoms with Gasteiger partial charge >= 0.3 is 17.9 Å². The zero-order valence-electron chi connectivity index (χ0n) is 16.4. The highest BCUT2D eigenvalue weighted by Gasteiger charge is 2.21. The summed E-state index contributed by atoms with van der Waals surface area (Å²) in [6.07, 6.45) is -1.25. The second kappa shape index (κ2) is 14.3. The Morgan fingerprint density at radius 2 is 1.13 bits per heavy atom. The van der Waals surface area contributed by atoms with Crippen LogP contribution in [0.15, 0.2) is 0 Å². The zero-order chi connectivity index (χ0) is 24.0. The van der Waals surface area contributed by atoms with Crippen molar-refractivity contribution in [2.45, 2.75) is 37.8 Å². The lowest BCUT2D eigenvalue weighted by atomic mass is 10.1. The second-order valence-corrected chi connectivity index (χ2v) is 6.20. The van der Waals surface area contributed by atoms with Crippen molar-refractivity contribution in [3.63, 3.8) is 0 Å². The number of carbonyl (C=O) groups is 7. The van der Waals surface area contributed by atoms with Gasteiger partial charge in [-0.25, -0.2) is 4.79 Å². The van der Waals surface area contributed by atoms with Crippen molar-refractivity contribution < 1.29 is 48.9 Å². The van der Waals surface area contributed by atoms with Crippen LogP contribution in [-0.2, 0) is 33.6 Å². The quantitative estimate of drug-likeness (QED) is 0.120. The Bertz CT molecular complexity index is 711. The summed E-state index contributed by atoms with van der Waals surface area (Å²) in [5, 5.41) is 34.5. The van der Waals surface area contributed by atoms with Crippen molar-refractivity contribution in [2.24, 2.45) is 5.73 Å². The van der Waals surface area contributed by atoms with E-state index < -0.39 is 79.7 Å². The van der Waals surface area contributed by atoms with E-state index in [2.05, 4.69) is 21.3 Å². The average molecular weight is 447 g/mol. The lowest BCUT2D eigenvalue weighted by Crippen LogP contribution is -2.48. The number of carboxylic acid groups (broad SMARTS) is 3. The molecule has 0 heterocycles. The number of nitrogens with one attached hydrogen (secondary N) is 4. The van der Waals surface area contributed by atoms with Gasteiger partial charge in [-0.1, -0.05) is 0 Å². The van der Waals surface area contributed by atoms with Crippen molar-refractivity contribution in [1.29, 1.82) is 0 Å². The molecule has 0 aromatic rings. The molecular formula is C16H25N5O10. The first kappa shape index (κ1) is 27.2. The number of rotatable bonds is 15. The van der Waals surface area contributed by atoms with Gasteiger partial charge in [-0.2, -0.15) is 0 Å². The molecule has 9 N–H and O–H groups in total. The van der Waals surface area contributed by atoms with E-state index in [0.29, 0.717) is 0 Å². The zero-order valence-corrected chi connectivity index (χ0v) is 16.4. The highest BCUT2D eigenvalue weighted by atomic mass is 16.4. The number of carbonyl (C=O) groups excluding carboxylic acids is 4. The molecule has 0 fully saturated rings. The molecule has 15 heteroatoms. The maximum absolute atomic E-state index is 11.7. The topological polar surface area (TPSA) is 254 Å². The van der Waals surface area contributed by atoms with Crippen molar-refractivity contribution in [2.75, 3.05) is 19.6 Å². The second-order valence-electron chi connectivity index (χ2n) is 6.20. The molecule has 0 radical (unpaired) electrons. The van der Waals surface area contributed by atoms with Gasteiger partial charge in [-0.3, -0.25) is 28.8 Å². The number of hydrogen-bond acceptors (Lipinski definition) is 8. The first-order valence-corrected chi connectivity index (χ1v) is 8.94. The third-order valence-electron chi connectivity index (χ3n) is 3.60. The van der Waals surface area contributed by atoms with Crippen LogP contribution in [0.4, 0.5) is 0 Å². The molecule has 0 aliphatic carbocycles. The van der Waals surface area contributed by atoms with E-state index in [0.717, 1.165) is 0 Å². The predicted octanol–water partition coefficient (Wildman–Crippen LogP) is -4.04. The molecule has 0 unspecified atom stereocenters. The van der Waals surface area contributed by atoms with Crippen LogP contribution in [-0.4, -0.2) is 88.6 Å². The molecule has 4 amide bonds. The number of carboxylic acids is 3. The van der Waals surface area contributed by atoms with Crippen LogP contribution in [0.2, 0.25) is 0 Å². The first-order valence-electron chi connectivity index (χ1n) is 8.94. The van der Waals surface area contributed by atoms with E-state index in [1.165, 1.54) is 0 Å². The summed E-state index contributed by atoms with van der Waals surface area (Å²) in [6, 6.07) is -2.55. The van der Waals surface area contributed by atoms with Gasteiger partial charge in [0.15, 0.2) is 0 Å². The SMILES string of the molecule is N[C@@H](CCC(=O)O)C(=O)NCC(=O)NCC(=O)NCC(=O)N[C@@H](CCC(=O)O)C(=O)O. The van der Waals surface area contributed by atoms with Gasteiger partial charge < -0.3 is 42.3 Å². The van der Waals surface area contributed by atoms with Crippen molar-refractivity contribution in [3.8, 4) is 0 Å². The third-order valence-corrected chi connectivity index (χ3v) is 3.60. The van der Waals surface area contributed by atoms with E-state index in [-0.39, 0.29) is 19.3 Å². The fraction of sp³-hybridized carbons (Fsp3) is 0.562. The van der Waals surface area contributed by atoms with Crippen LogP contribution in [0.1, 0.15) is 25.7 Å². The van der Waals surface area contributed by atoms with Crippen molar-refractivity contribution in [3.05, 3.63) is 0 Å². The van der Waals surface area contributed by atoms with Crippen molar-refractivity contribution >= 4 is 41.5 Å². The van der Waals surface area contributed by atoms with E-state index in [4.69, 9.17) is 21.1 Å². The first-order chi connectivity index (χ1) is 14.4. The maximum Gasteiger partial charge on any atom is 0.326 e. The predicted molar refractivity (Wildman–Crippen MR) is 100 cm³/mol. The normalized spacial score (nSPS) is 12.0. The van der Waals surface area contributed by atoms with Gasteiger partial charge in [0.05, 0.1) is 25.7 Å². The molecule has 0 rings (SSSR count). The van der Waals surface area contributed by atoms with Gasteiger partial charge in [0, 0.05) is 12.8 Å². The minimum absolute atomic E-state index is 0.119. The van der Waals surface area contributed by atoms with E-state index in [1.54, 1.807) is 0 Å². The molecule has 0 aromatic carbocycles. The van der Waals surface area contributed by atoms with E-state index in [9.17, 15) is 33.6 Å². The summed E-state index contributed by atoms with van der Waals surface area (Å²) in [7, 11) is 0. The van der Waals surface area contributed by atoms with Gasteiger partial charge in [0.25, 0.3) is 0 Å². The van der Waals surface area contributed by atoms with E-state index >= 15 is 0 Å². The highest BCUT2D eigenvalue weighted by Crippen LogP contribution is 1.98. The minimum atomic E-state index is -1.44. The minimum Gasteiger partial charge on any atom is -0.481 e. The molecule has 0 saturated carbocycles. The highest BCUT2D eigenvalue weighted by molar-refractivity contribution is 5.91. The molecule has 0 spiro atoms. The molecule has 0 aliphatic heterocycles. The van der Waals surface area contributed by atoms with E-state index in [1.807, 2.05) is 0 Å². The lowest BCUT2D eigenvalue weighted by molar-refractivity contribution is -0.143. The summed E-state index contributed by atoms with van der Waals surface area (Å²) in [4.78, 5) is 78.3. The average Bonchev–Trinajstić information content (AvgIpc) is 2.69. The molecular weight excluding hydrogens is 422 g/mol. The largest absolute Gasteiger partial charge is 0.481 e. The molecule has 0 aromatic heterocycles. The van der Waals surface area contributed by atoms with Crippen LogP contribution in [0, 0.1) is 0 Å². The molecule has 0 saturated heterocycles. The fourth-order valence-corrected chi connectivity index (χ4v) is 1.96. The van der Waals surface area contributed by atoms with Crippen LogP contribution in [0.5, 0.6) is 0 Å². The summed E-state index contributed by atoms with van der Waals surface area (Å²) in [5.41, 5.74) is 5.45. The van der Waals surface area contributed by atoms with Gasteiger partial charge in [0.1, 0.15) is 6.04 Å². The Labute approximate surface area is 175 Å². The smallest absolute Gasteiger partial charge is 0.326 e. The maximum atomic E-state index is 11.7.